The number of hydrogen-bond donors (Lipinski definition) is 1. The van der Waals surface area contributed by atoms with Crippen molar-refractivity contribution >= 4 is 39.2 Å². The second-order valence-corrected chi connectivity index (χ2v) is 13.2. The Morgan fingerprint density at radius 2 is 1.76 bits per heavy atom. The maximum absolute atomic E-state index is 16.8. The SMILES string of the molecule is CN(C)C[C@@]1(COc2nc(N3C[C@H]4CC[C@@H](C3)N4)c3cc(F)c(-c4c(C(F)(F)F)c(Cl)cc5cnn(C)c45)c(F)c3n2)CC1(F)F. The Bertz CT molecular complexity index is 1870. The Kier molecular flexibility index (Phi) is 7.15. The quantitative estimate of drug-likeness (QED) is 0.240. The van der Waals surface area contributed by atoms with Crippen LogP contribution in [0.2, 0.25) is 5.02 Å². The van der Waals surface area contributed by atoms with E-state index in [9.17, 15) is 22.0 Å². The topological polar surface area (TPSA) is 71.3 Å². The zero-order chi connectivity index (χ0) is 32.9. The summed E-state index contributed by atoms with van der Waals surface area (Å²) >= 11 is 6.08. The third kappa shape index (κ3) is 5.01. The molecule has 3 fully saturated rings. The van der Waals surface area contributed by atoms with Crippen molar-refractivity contribution in [2.45, 2.75) is 43.4 Å². The molecule has 4 aromatic rings. The van der Waals surface area contributed by atoms with Gasteiger partial charge in [-0.3, -0.25) is 4.68 Å². The number of aryl methyl sites for hydroxylation is 1. The van der Waals surface area contributed by atoms with Crippen LogP contribution in [0.4, 0.5) is 36.6 Å². The number of anilines is 1. The number of benzene rings is 2. The maximum Gasteiger partial charge on any atom is 0.418 e. The van der Waals surface area contributed by atoms with Crippen LogP contribution in [0.5, 0.6) is 6.01 Å². The fourth-order valence-electron chi connectivity index (χ4n) is 7.06. The van der Waals surface area contributed by atoms with Gasteiger partial charge < -0.3 is 19.9 Å². The highest BCUT2D eigenvalue weighted by Crippen LogP contribution is 2.60. The number of hydrogen-bond acceptors (Lipinski definition) is 7. The highest BCUT2D eigenvalue weighted by molar-refractivity contribution is 6.33. The Hall–Kier alpha value is -3.43. The van der Waals surface area contributed by atoms with Gasteiger partial charge in [-0.1, -0.05) is 11.6 Å². The van der Waals surface area contributed by atoms with Crippen molar-refractivity contribution in [2.24, 2.45) is 12.5 Å². The minimum atomic E-state index is -5.10. The van der Waals surface area contributed by atoms with Gasteiger partial charge in [0, 0.05) is 61.5 Å². The van der Waals surface area contributed by atoms with Crippen LogP contribution in [-0.2, 0) is 13.2 Å². The van der Waals surface area contributed by atoms with Crippen LogP contribution in [0.15, 0.2) is 18.3 Å². The first-order chi connectivity index (χ1) is 21.6. The number of nitrogens with zero attached hydrogens (tertiary/aromatic N) is 6. The fourth-order valence-corrected chi connectivity index (χ4v) is 7.38. The summed E-state index contributed by atoms with van der Waals surface area (Å²) in [5.41, 5.74) is -5.52. The number of nitrogens with one attached hydrogen (secondary N) is 1. The van der Waals surface area contributed by atoms with Crippen LogP contribution in [0.1, 0.15) is 24.8 Å². The van der Waals surface area contributed by atoms with Crippen LogP contribution in [0.25, 0.3) is 32.9 Å². The van der Waals surface area contributed by atoms with E-state index in [0.29, 0.717) is 13.1 Å². The van der Waals surface area contributed by atoms with Gasteiger partial charge in [-0.25, -0.2) is 17.6 Å². The third-order valence-electron chi connectivity index (χ3n) is 9.17. The predicted molar refractivity (Wildman–Crippen MR) is 157 cm³/mol. The molecule has 2 aromatic carbocycles. The summed E-state index contributed by atoms with van der Waals surface area (Å²) in [6, 6.07) is 1.65. The van der Waals surface area contributed by atoms with Gasteiger partial charge >= 0.3 is 12.2 Å². The minimum absolute atomic E-state index is 0.000990. The predicted octanol–water partition coefficient (Wildman–Crippen LogP) is 6.04. The van der Waals surface area contributed by atoms with Crippen molar-refractivity contribution in [1.82, 2.24) is 30.0 Å². The zero-order valence-corrected chi connectivity index (χ0v) is 25.7. The van der Waals surface area contributed by atoms with Crippen LogP contribution < -0.4 is 15.0 Å². The summed E-state index contributed by atoms with van der Waals surface area (Å²) < 4.78 is 112. The number of halogens is 8. The van der Waals surface area contributed by atoms with E-state index in [4.69, 9.17) is 16.3 Å². The molecule has 0 unspecified atom stereocenters. The molecule has 0 amide bonds. The Labute approximate surface area is 263 Å². The normalized spacial score (nSPS) is 24.0. The fraction of sp³-hybridized carbons (Fsp3) is 0.500. The zero-order valence-electron chi connectivity index (χ0n) is 25.0. The number of aromatic nitrogens is 4. The summed E-state index contributed by atoms with van der Waals surface area (Å²) in [7, 11) is 4.64. The molecule has 1 N–H and O–H groups in total. The molecule has 2 bridgehead atoms. The lowest BCUT2D eigenvalue weighted by Crippen LogP contribution is -2.51. The van der Waals surface area contributed by atoms with Gasteiger partial charge in [-0.2, -0.15) is 28.2 Å². The summed E-state index contributed by atoms with van der Waals surface area (Å²) in [6.07, 6.45) is -2.54. The number of ether oxygens (including phenoxy) is 1. The molecular weight excluding hydrogens is 643 g/mol. The van der Waals surface area contributed by atoms with E-state index in [1.54, 1.807) is 19.0 Å². The monoisotopic (exact) mass is 671 g/mol. The molecule has 8 nitrogen and oxygen atoms in total. The van der Waals surface area contributed by atoms with Crippen molar-refractivity contribution < 1.29 is 35.5 Å². The van der Waals surface area contributed by atoms with E-state index < -0.39 is 75.4 Å². The molecule has 246 valence electrons. The Morgan fingerprint density at radius 3 is 2.37 bits per heavy atom. The molecular formula is C30H29ClF7N7O. The standard InChI is InChI=1S/C30H29ClF7N7O/c1-43(2)12-28(11-29(28,34)35)13-46-27-41-24-17(26(42-27)45-9-15-4-5-16(10-45)40-15)7-19(32)20(23(24)33)21-22(30(36,37)38)18(31)6-14-8-39-44(3)25(14)21/h6-8,15-16,40H,4-5,9-13H2,1-3H3/t15-,16+,28-/m1/s1. The molecule has 2 aliphatic heterocycles. The number of rotatable bonds is 7. The van der Waals surface area contributed by atoms with Gasteiger partial charge in [-0.15, -0.1) is 0 Å². The van der Waals surface area contributed by atoms with Gasteiger partial charge in [-0.05, 0) is 39.1 Å². The molecule has 4 heterocycles. The van der Waals surface area contributed by atoms with Crippen LogP contribution >= 0.6 is 11.6 Å². The first-order valence-corrected chi connectivity index (χ1v) is 15.0. The maximum atomic E-state index is 16.8. The van der Waals surface area contributed by atoms with Crippen molar-refractivity contribution in [3.05, 3.63) is 40.6 Å². The lowest BCUT2D eigenvalue weighted by Gasteiger charge is -2.34. The van der Waals surface area contributed by atoms with Gasteiger partial charge in [0.05, 0.1) is 33.3 Å². The molecule has 46 heavy (non-hydrogen) atoms. The van der Waals surface area contributed by atoms with E-state index in [-0.39, 0.29) is 40.7 Å². The van der Waals surface area contributed by atoms with Crippen LogP contribution in [0, 0.1) is 17.0 Å². The Morgan fingerprint density at radius 1 is 1.09 bits per heavy atom. The second kappa shape index (κ2) is 10.5. The number of alkyl halides is 5. The van der Waals surface area contributed by atoms with Gasteiger partial charge in [0.1, 0.15) is 23.8 Å². The highest BCUT2D eigenvalue weighted by atomic mass is 35.5. The summed E-state index contributed by atoms with van der Waals surface area (Å²) in [5, 5.41) is 6.72. The van der Waals surface area contributed by atoms with Crippen molar-refractivity contribution in [2.75, 3.05) is 45.2 Å². The molecule has 3 atom stereocenters. The molecule has 2 saturated heterocycles. The average Bonchev–Trinajstić information content (AvgIpc) is 3.18. The average molecular weight is 672 g/mol. The van der Waals surface area contributed by atoms with Gasteiger partial charge in [0.2, 0.25) is 0 Å². The van der Waals surface area contributed by atoms with Crippen LogP contribution in [-0.4, -0.2) is 83.0 Å². The lowest BCUT2D eigenvalue weighted by atomic mass is 9.94. The summed E-state index contributed by atoms with van der Waals surface area (Å²) in [6.45, 7) is 0.366. The Balaban J connectivity index is 1.44. The third-order valence-corrected chi connectivity index (χ3v) is 9.47. The molecule has 16 heteroatoms. The van der Waals surface area contributed by atoms with Crippen LogP contribution in [0.3, 0.4) is 0 Å². The molecule has 3 aliphatic rings. The molecule has 1 saturated carbocycles. The van der Waals surface area contributed by atoms with Crippen molar-refractivity contribution in [3.8, 4) is 17.1 Å². The van der Waals surface area contributed by atoms with E-state index in [1.807, 2.05) is 4.90 Å². The molecule has 0 radical (unpaired) electrons. The van der Waals surface area contributed by atoms with Crippen molar-refractivity contribution in [1.29, 1.82) is 0 Å². The largest absolute Gasteiger partial charge is 0.463 e. The highest BCUT2D eigenvalue weighted by Gasteiger charge is 2.71. The number of fused-ring (bicyclic) bond motifs is 4. The first-order valence-electron chi connectivity index (χ1n) is 14.7. The first kappa shape index (κ1) is 31.2. The van der Waals surface area contributed by atoms with Crippen molar-refractivity contribution in [3.63, 3.8) is 0 Å². The van der Waals surface area contributed by atoms with Gasteiger partial charge in [0.15, 0.2) is 5.82 Å². The van der Waals surface area contributed by atoms with Gasteiger partial charge in [0.25, 0.3) is 5.92 Å². The molecule has 2 aromatic heterocycles. The van der Waals surface area contributed by atoms with E-state index >= 15 is 8.78 Å². The molecule has 7 rings (SSSR count). The lowest BCUT2D eigenvalue weighted by molar-refractivity contribution is -0.136. The molecule has 1 aliphatic carbocycles. The minimum Gasteiger partial charge on any atom is -0.463 e. The van der Waals surface area contributed by atoms with E-state index in [1.165, 1.54) is 13.2 Å². The van der Waals surface area contributed by atoms with E-state index in [0.717, 1.165) is 29.7 Å². The second-order valence-electron chi connectivity index (χ2n) is 12.8. The molecule has 0 spiro atoms. The number of piperazine rings is 1. The summed E-state index contributed by atoms with van der Waals surface area (Å²) in [4.78, 5) is 12.0. The summed E-state index contributed by atoms with van der Waals surface area (Å²) in [5.74, 6) is -5.61. The smallest absolute Gasteiger partial charge is 0.418 e. The van der Waals surface area contributed by atoms with E-state index in [2.05, 4.69) is 20.4 Å².